The maximum atomic E-state index is 11.3. The van der Waals surface area contributed by atoms with Crippen molar-refractivity contribution >= 4 is 16.9 Å². The zero-order valence-corrected chi connectivity index (χ0v) is 11.5. The molecule has 3 nitrogen and oxygen atoms in total. The first-order chi connectivity index (χ1) is 9.74. The Morgan fingerprint density at radius 3 is 2.80 bits per heavy atom. The molecule has 1 aliphatic carbocycles. The molecule has 0 spiro atoms. The van der Waals surface area contributed by atoms with Crippen LogP contribution in [0.4, 0.5) is 0 Å². The number of benzene rings is 1. The lowest BCUT2D eigenvalue weighted by molar-refractivity contribution is -0.144. The highest BCUT2D eigenvalue weighted by molar-refractivity contribution is 5.78. The summed E-state index contributed by atoms with van der Waals surface area (Å²) in [5, 5.41) is 10.5. The lowest BCUT2D eigenvalue weighted by Crippen LogP contribution is -2.28. The summed E-state index contributed by atoms with van der Waals surface area (Å²) in [5.74, 6) is -0.609. The molecule has 0 aliphatic heterocycles. The maximum Gasteiger partial charge on any atom is 0.306 e. The van der Waals surface area contributed by atoms with Crippen LogP contribution in [-0.4, -0.2) is 16.1 Å². The van der Waals surface area contributed by atoms with E-state index in [0.29, 0.717) is 0 Å². The quantitative estimate of drug-likeness (QED) is 0.925. The van der Waals surface area contributed by atoms with E-state index < -0.39 is 5.97 Å². The first-order valence-corrected chi connectivity index (χ1v) is 7.31. The number of hydrogen-bond acceptors (Lipinski definition) is 2. The van der Waals surface area contributed by atoms with Crippen molar-refractivity contribution < 1.29 is 9.90 Å². The Labute approximate surface area is 118 Å². The van der Waals surface area contributed by atoms with Gasteiger partial charge in [-0.25, -0.2) is 0 Å². The summed E-state index contributed by atoms with van der Waals surface area (Å²) in [5.41, 5.74) is 2.01. The molecule has 1 saturated carbocycles. The average molecular weight is 269 g/mol. The van der Waals surface area contributed by atoms with Crippen molar-refractivity contribution in [3.05, 3.63) is 42.1 Å². The molecule has 0 saturated heterocycles. The second-order valence-electron chi connectivity index (χ2n) is 5.69. The van der Waals surface area contributed by atoms with Gasteiger partial charge in [-0.2, -0.15) is 0 Å². The largest absolute Gasteiger partial charge is 0.481 e. The molecule has 1 N–H and O–H groups in total. The Hall–Kier alpha value is -1.90. The van der Waals surface area contributed by atoms with E-state index in [-0.39, 0.29) is 11.8 Å². The molecule has 3 heteroatoms. The van der Waals surface area contributed by atoms with E-state index in [1.54, 1.807) is 0 Å². The molecule has 0 bridgehead atoms. The SMILES string of the molecule is O=C(O)C1CCCCC1Cc1ccc2ccccc2n1. The summed E-state index contributed by atoms with van der Waals surface area (Å²) in [4.78, 5) is 16.0. The van der Waals surface area contributed by atoms with Crippen molar-refractivity contribution in [1.29, 1.82) is 0 Å². The predicted octanol–water partition coefficient (Wildman–Crippen LogP) is 3.67. The van der Waals surface area contributed by atoms with Gasteiger partial charge in [-0.15, -0.1) is 0 Å². The number of aliphatic carboxylic acids is 1. The standard InChI is InChI=1S/C17H19NO2/c19-17(20)15-7-3-1-6-13(15)11-14-10-9-12-5-2-4-8-16(12)18-14/h2,4-5,8-10,13,15H,1,3,6-7,11H2,(H,19,20). The number of pyridine rings is 1. The monoisotopic (exact) mass is 269 g/mol. The number of aromatic nitrogens is 1. The maximum absolute atomic E-state index is 11.3. The van der Waals surface area contributed by atoms with Crippen molar-refractivity contribution in [2.75, 3.05) is 0 Å². The molecule has 2 atom stereocenters. The molecule has 0 radical (unpaired) electrons. The molecule has 1 heterocycles. The molecule has 1 fully saturated rings. The fourth-order valence-electron chi connectivity index (χ4n) is 3.27. The van der Waals surface area contributed by atoms with Crippen molar-refractivity contribution in [1.82, 2.24) is 4.98 Å². The molecular weight excluding hydrogens is 250 g/mol. The van der Waals surface area contributed by atoms with Crippen molar-refractivity contribution in [2.45, 2.75) is 32.1 Å². The highest BCUT2D eigenvalue weighted by Gasteiger charge is 2.30. The van der Waals surface area contributed by atoms with E-state index in [9.17, 15) is 9.90 Å². The van der Waals surface area contributed by atoms with Gasteiger partial charge >= 0.3 is 5.97 Å². The minimum atomic E-state index is -0.643. The van der Waals surface area contributed by atoms with Gasteiger partial charge in [-0.05, 0) is 37.3 Å². The Morgan fingerprint density at radius 2 is 1.95 bits per heavy atom. The Bertz CT molecular complexity index is 623. The number of carbonyl (C=O) groups is 1. The van der Waals surface area contributed by atoms with Crippen LogP contribution < -0.4 is 0 Å². The second-order valence-corrected chi connectivity index (χ2v) is 5.69. The van der Waals surface area contributed by atoms with Crippen LogP contribution >= 0.6 is 0 Å². The van der Waals surface area contributed by atoms with Crippen LogP contribution in [-0.2, 0) is 11.2 Å². The van der Waals surface area contributed by atoms with Gasteiger partial charge < -0.3 is 5.11 Å². The molecule has 1 aromatic carbocycles. The Balaban J connectivity index is 1.82. The third kappa shape index (κ3) is 2.67. The smallest absolute Gasteiger partial charge is 0.306 e. The number of nitrogens with zero attached hydrogens (tertiary/aromatic N) is 1. The molecular formula is C17H19NO2. The fourth-order valence-corrected chi connectivity index (χ4v) is 3.27. The van der Waals surface area contributed by atoms with Gasteiger partial charge in [0.25, 0.3) is 0 Å². The normalized spacial score (nSPS) is 22.8. The Morgan fingerprint density at radius 1 is 1.15 bits per heavy atom. The number of fused-ring (bicyclic) bond motifs is 1. The van der Waals surface area contributed by atoms with E-state index in [0.717, 1.165) is 48.7 Å². The van der Waals surface area contributed by atoms with Crippen LogP contribution in [0.2, 0.25) is 0 Å². The van der Waals surface area contributed by atoms with Crippen LogP contribution in [0.3, 0.4) is 0 Å². The first kappa shape index (κ1) is 13.1. The summed E-state index contributed by atoms with van der Waals surface area (Å²) >= 11 is 0. The predicted molar refractivity (Wildman–Crippen MR) is 78.5 cm³/mol. The van der Waals surface area contributed by atoms with Gasteiger partial charge in [0.1, 0.15) is 0 Å². The van der Waals surface area contributed by atoms with E-state index in [2.05, 4.69) is 11.1 Å². The van der Waals surface area contributed by atoms with E-state index in [4.69, 9.17) is 0 Å². The molecule has 20 heavy (non-hydrogen) atoms. The van der Waals surface area contributed by atoms with E-state index >= 15 is 0 Å². The number of para-hydroxylation sites is 1. The molecule has 0 amide bonds. The summed E-state index contributed by atoms with van der Waals surface area (Å²) < 4.78 is 0. The van der Waals surface area contributed by atoms with Gasteiger partial charge in [0.15, 0.2) is 0 Å². The van der Waals surface area contributed by atoms with Crippen LogP contribution in [0.1, 0.15) is 31.4 Å². The molecule has 1 aliphatic rings. The Kier molecular flexibility index (Phi) is 3.68. The van der Waals surface area contributed by atoms with Crippen molar-refractivity contribution in [2.24, 2.45) is 11.8 Å². The number of carboxylic acids is 1. The van der Waals surface area contributed by atoms with Crippen LogP contribution in [0.25, 0.3) is 10.9 Å². The minimum Gasteiger partial charge on any atom is -0.481 e. The van der Waals surface area contributed by atoms with Crippen LogP contribution in [0.15, 0.2) is 36.4 Å². The number of carboxylic acid groups (broad SMARTS) is 1. The molecule has 2 unspecified atom stereocenters. The van der Waals surface area contributed by atoms with Crippen LogP contribution in [0, 0.1) is 11.8 Å². The highest BCUT2D eigenvalue weighted by atomic mass is 16.4. The summed E-state index contributed by atoms with van der Waals surface area (Å²) in [6.45, 7) is 0. The van der Waals surface area contributed by atoms with Crippen LogP contribution in [0.5, 0.6) is 0 Å². The van der Waals surface area contributed by atoms with Gasteiger partial charge in [-0.1, -0.05) is 37.1 Å². The summed E-state index contributed by atoms with van der Waals surface area (Å²) in [7, 11) is 0. The zero-order chi connectivity index (χ0) is 13.9. The third-order valence-corrected chi connectivity index (χ3v) is 4.35. The fraction of sp³-hybridized carbons (Fsp3) is 0.412. The summed E-state index contributed by atoms with van der Waals surface area (Å²) in [6, 6.07) is 12.2. The molecule has 3 rings (SSSR count). The lowest BCUT2D eigenvalue weighted by Gasteiger charge is -2.28. The van der Waals surface area contributed by atoms with Gasteiger partial charge in [-0.3, -0.25) is 9.78 Å². The van der Waals surface area contributed by atoms with Gasteiger partial charge in [0.05, 0.1) is 11.4 Å². The van der Waals surface area contributed by atoms with Gasteiger partial charge in [0, 0.05) is 11.1 Å². The topological polar surface area (TPSA) is 50.2 Å². The summed E-state index contributed by atoms with van der Waals surface area (Å²) in [6.07, 6.45) is 4.78. The third-order valence-electron chi connectivity index (χ3n) is 4.35. The minimum absolute atomic E-state index is 0.197. The molecule has 104 valence electrons. The highest BCUT2D eigenvalue weighted by Crippen LogP contribution is 2.32. The zero-order valence-electron chi connectivity index (χ0n) is 11.5. The molecule has 2 aromatic rings. The van der Waals surface area contributed by atoms with Crippen molar-refractivity contribution in [3.63, 3.8) is 0 Å². The second kappa shape index (κ2) is 5.61. The van der Waals surface area contributed by atoms with Gasteiger partial charge in [0.2, 0.25) is 0 Å². The molecule has 1 aromatic heterocycles. The average Bonchev–Trinajstić information content (AvgIpc) is 2.47. The van der Waals surface area contributed by atoms with Crippen molar-refractivity contribution in [3.8, 4) is 0 Å². The number of hydrogen-bond donors (Lipinski definition) is 1. The first-order valence-electron chi connectivity index (χ1n) is 7.31. The van der Waals surface area contributed by atoms with E-state index in [1.807, 2.05) is 30.3 Å². The lowest BCUT2D eigenvalue weighted by atomic mass is 9.77. The van der Waals surface area contributed by atoms with E-state index in [1.165, 1.54) is 0 Å². The number of rotatable bonds is 3.